The molecular formula is C24H26O2. The number of hydrogen-bond acceptors (Lipinski definition) is 2. The van der Waals surface area contributed by atoms with Gasteiger partial charge in [0.15, 0.2) is 0 Å². The number of aliphatic hydroxyl groups excluding tert-OH is 2. The van der Waals surface area contributed by atoms with Gasteiger partial charge in [-0.1, -0.05) is 91.0 Å². The monoisotopic (exact) mass is 346 g/mol. The molecule has 26 heavy (non-hydrogen) atoms. The molecule has 3 aromatic rings. The second-order valence-corrected chi connectivity index (χ2v) is 6.85. The lowest BCUT2D eigenvalue weighted by molar-refractivity contribution is 0.0874. The molecule has 134 valence electrons. The number of benzene rings is 3. The molecule has 0 spiro atoms. The SMILES string of the molecule is CC(O)CCC(O)C(c1ccccc1)(c1ccccc1)c1ccccc1. The molecule has 0 aliphatic rings. The Morgan fingerprint density at radius 2 is 0.962 bits per heavy atom. The van der Waals surface area contributed by atoms with Crippen LogP contribution in [0.1, 0.15) is 36.5 Å². The average Bonchev–Trinajstić information content (AvgIpc) is 2.69. The van der Waals surface area contributed by atoms with Crippen molar-refractivity contribution >= 4 is 0 Å². The fourth-order valence-electron chi connectivity index (χ4n) is 3.80. The van der Waals surface area contributed by atoms with E-state index in [1.165, 1.54) is 0 Å². The minimum Gasteiger partial charge on any atom is -0.393 e. The largest absolute Gasteiger partial charge is 0.393 e. The number of aliphatic hydroxyl groups is 2. The topological polar surface area (TPSA) is 40.5 Å². The van der Waals surface area contributed by atoms with E-state index in [4.69, 9.17) is 0 Å². The molecule has 0 radical (unpaired) electrons. The van der Waals surface area contributed by atoms with Crippen LogP contribution in [-0.4, -0.2) is 22.4 Å². The van der Waals surface area contributed by atoms with Gasteiger partial charge in [-0.25, -0.2) is 0 Å². The van der Waals surface area contributed by atoms with Crippen molar-refractivity contribution in [3.8, 4) is 0 Å². The number of hydrogen-bond donors (Lipinski definition) is 2. The Hall–Kier alpha value is -2.42. The molecule has 0 aliphatic carbocycles. The summed E-state index contributed by atoms with van der Waals surface area (Å²) < 4.78 is 0. The summed E-state index contributed by atoms with van der Waals surface area (Å²) in [7, 11) is 0. The standard InChI is InChI=1S/C24H26O2/c1-19(25)17-18-23(26)24(20-11-5-2-6-12-20,21-13-7-3-8-14-21)22-15-9-4-10-16-22/h2-16,19,23,25-26H,17-18H2,1H3. The third kappa shape index (κ3) is 3.57. The van der Waals surface area contributed by atoms with Crippen LogP contribution in [-0.2, 0) is 5.41 Å². The molecule has 0 saturated carbocycles. The molecule has 0 saturated heterocycles. The summed E-state index contributed by atoms with van der Waals surface area (Å²) in [5.41, 5.74) is 2.47. The van der Waals surface area contributed by atoms with Crippen molar-refractivity contribution in [2.45, 2.75) is 37.4 Å². The van der Waals surface area contributed by atoms with Gasteiger partial charge in [0.05, 0.1) is 17.6 Å². The summed E-state index contributed by atoms with van der Waals surface area (Å²) >= 11 is 0. The quantitative estimate of drug-likeness (QED) is 0.617. The van der Waals surface area contributed by atoms with Crippen LogP contribution in [0.3, 0.4) is 0 Å². The van der Waals surface area contributed by atoms with Crippen molar-refractivity contribution in [2.75, 3.05) is 0 Å². The first-order valence-electron chi connectivity index (χ1n) is 9.18. The molecule has 0 fully saturated rings. The van der Waals surface area contributed by atoms with Gasteiger partial charge in [-0.3, -0.25) is 0 Å². The van der Waals surface area contributed by atoms with E-state index in [-0.39, 0.29) is 0 Å². The van der Waals surface area contributed by atoms with E-state index in [2.05, 4.69) is 36.4 Å². The van der Waals surface area contributed by atoms with Gasteiger partial charge in [0.2, 0.25) is 0 Å². The molecule has 3 rings (SSSR count). The Morgan fingerprint density at radius 1 is 0.615 bits per heavy atom. The smallest absolute Gasteiger partial charge is 0.0719 e. The van der Waals surface area contributed by atoms with Gasteiger partial charge in [0, 0.05) is 0 Å². The summed E-state index contributed by atoms with van der Waals surface area (Å²) in [5.74, 6) is 0. The molecule has 0 aromatic heterocycles. The Morgan fingerprint density at radius 3 is 1.27 bits per heavy atom. The fourth-order valence-corrected chi connectivity index (χ4v) is 3.80. The van der Waals surface area contributed by atoms with Gasteiger partial charge in [0.25, 0.3) is 0 Å². The minimum atomic E-state index is -0.682. The highest BCUT2D eigenvalue weighted by Gasteiger charge is 2.42. The summed E-state index contributed by atoms with van der Waals surface area (Å²) in [4.78, 5) is 0. The highest BCUT2D eigenvalue weighted by atomic mass is 16.3. The van der Waals surface area contributed by atoms with Crippen molar-refractivity contribution in [3.05, 3.63) is 108 Å². The normalized spacial score (nSPS) is 14.0. The van der Waals surface area contributed by atoms with E-state index < -0.39 is 17.6 Å². The van der Waals surface area contributed by atoms with Gasteiger partial charge in [-0.05, 0) is 36.5 Å². The number of rotatable bonds is 7. The first-order chi connectivity index (χ1) is 12.7. The molecular weight excluding hydrogens is 320 g/mol. The first kappa shape index (κ1) is 18.4. The second kappa shape index (κ2) is 8.31. The van der Waals surface area contributed by atoms with E-state index in [1.54, 1.807) is 6.92 Å². The zero-order chi connectivity index (χ0) is 18.4. The minimum absolute atomic E-state index is 0.440. The van der Waals surface area contributed by atoms with Gasteiger partial charge in [0.1, 0.15) is 0 Å². The highest BCUT2D eigenvalue weighted by molar-refractivity contribution is 5.51. The first-order valence-corrected chi connectivity index (χ1v) is 9.18. The lowest BCUT2D eigenvalue weighted by atomic mass is 9.65. The molecule has 2 nitrogen and oxygen atoms in total. The zero-order valence-corrected chi connectivity index (χ0v) is 15.1. The van der Waals surface area contributed by atoms with Crippen LogP contribution >= 0.6 is 0 Å². The van der Waals surface area contributed by atoms with Gasteiger partial charge in [-0.2, -0.15) is 0 Å². The molecule has 3 aromatic carbocycles. The third-order valence-electron chi connectivity index (χ3n) is 5.05. The summed E-state index contributed by atoms with van der Waals surface area (Å²) in [6.45, 7) is 1.77. The highest BCUT2D eigenvalue weighted by Crippen LogP contribution is 2.43. The summed E-state index contributed by atoms with van der Waals surface area (Å²) in [6.07, 6.45) is -0.0415. The van der Waals surface area contributed by atoms with Crippen LogP contribution < -0.4 is 0 Å². The van der Waals surface area contributed by atoms with Crippen LogP contribution in [0.4, 0.5) is 0 Å². The predicted molar refractivity (Wildman–Crippen MR) is 106 cm³/mol. The Bertz CT molecular complexity index is 686. The van der Waals surface area contributed by atoms with Crippen LogP contribution in [0.15, 0.2) is 91.0 Å². The van der Waals surface area contributed by atoms with Crippen LogP contribution in [0, 0.1) is 0 Å². The Kier molecular flexibility index (Phi) is 5.87. The van der Waals surface area contributed by atoms with Crippen molar-refractivity contribution in [1.29, 1.82) is 0 Å². The molecule has 0 heterocycles. The average molecular weight is 346 g/mol. The fraction of sp³-hybridized carbons (Fsp3) is 0.250. The molecule has 2 N–H and O–H groups in total. The van der Waals surface area contributed by atoms with E-state index in [9.17, 15) is 10.2 Å². The molecule has 0 aliphatic heterocycles. The Labute approximate surface area is 155 Å². The summed E-state index contributed by atoms with van der Waals surface area (Å²) in [6, 6.07) is 30.5. The van der Waals surface area contributed by atoms with Gasteiger partial charge in [-0.15, -0.1) is 0 Å². The summed E-state index contributed by atoms with van der Waals surface area (Å²) in [5, 5.41) is 21.2. The van der Waals surface area contributed by atoms with E-state index in [0.29, 0.717) is 12.8 Å². The van der Waals surface area contributed by atoms with Crippen molar-refractivity contribution in [1.82, 2.24) is 0 Å². The van der Waals surface area contributed by atoms with E-state index in [0.717, 1.165) is 16.7 Å². The van der Waals surface area contributed by atoms with Crippen LogP contribution in [0.5, 0.6) is 0 Å². The second-order valence-electron chi connectivity index (χ2n) is 6.85. The molecule has 2 atom stereocenters. The van der Waals surface area contributed by atoms with E-state index >= 15 is 0 Å². The van der Waals surface area contributed by atoms with E-state index in [1.807, 2.05) is 54.6 Å². The Balaban J connectivity index is 2.24. The maximum atomic E-state index is 11.5. The van der Waals surface area contributed by atoms with Crippen molar-refractivity contribution in [2.24, 2.45) is 0 Å². The molecule has 0 bridgehead atoms. The maximum absolute atomic E-state index is 11.5. The van der Waals surface area contributed by atoms with Crippen LogP contribution in [0.25, 0.3) is 0 Å². The van der Waals surface area contributed by atoms with Crippen molar-refractivity contribution in [3.63, 3.8) is 0 Å². The van der Waals surface area contributed by atoms with Gasteiger partial charge >= 0.3 is 0 Å². The zero-order valence-electron chi connectivity index (χ0n) is 15.1. The van der Waals surface area contributed by atoms with Crippen LogP contribution in [0.2, 0.25) is 0 Å². The predicted octanol–water partition coefficient (Wildman–Crippen LogP) is 4.54. The van der Waals surface area contributed by atoms with Gasteiger partial charge < -0.3 is 10.2 Å². The lowest BCUT2D eigenvalue weighted by Crippen LogP contribution is -2.42. The molecule has 2 heteroatoms. The molecule has 0 amide bonds. The maximum Gasteiger partial charge on any atom is 0.0719 e. The lowest BCUT2D eigenvalue weighted by Gasteiger charge is -2.40. The van der Waals surface area contributed by atoms with Crippen molar-refractivity contribution < 1.29 is 10.2 Å². The molecule has 2 unspecified atom stereocenters. The third-order valence-corrected chi connectivity index (χ3v) is 5.05.